The first-order valence-electron chi connectivity index (χ1n) is 11.6. The van der Waals surface area contributed by atoms with Crippen LogP contribution in [0.1, 0.15) is 38.5 Å². The lowest BCUT2D eigenvalue weighted by molar-refractivity contribution is -0.954. The number of nitrogens with one attached hydrogen (secondary N) is 2. The highest BCUT2D eigenvalue weighted by atomic mass is 32.2. The van der Waals surface area contributed by atoms with Gasteiger partial charge in [0, 0.05) is 18.4 Å². The fraction of sp³-hybridized carbons (Fsp3) is 0.520. The number of anilines is 1. The summed E-state index contributed by atoms with van der Waals surface area (Å²) in [6.45, 7) is 5.11. The van der Waals surface area contributed by atoms with Crippen LogP contribution in [-0.2, 0) is 10.8 Å². The van der Waals surface area contributed by atoms with Crippen molar-refractivity contribution in [2.45, 2.75) is 60.4 Å². The highest BCUT2D eigenvalue weighted by molar-refractivity contribution is 7.85. The normalized spacial score (nSPS) is 26.4. The summed E-state index contributed by atoms with van der Waals surface area (Å²) in [5.41, 5.74) is 1.12. The molecule has 3 heterocycles. The van der Waals surface area contributed by atoms with Crippen LogP contribution in [0.25, 0.3) is 0 Å². The van der Waals surface area contributed by atoms with E-state index in [1.54, 1.807) is 4.90 Å². The Morgan fingerprint density at radius 1 is 0.900 bits per heavy atom. The van der Waals surface area contributed by atoms with Crippen LogP contribution in [-0.4, -0.2) is 49.5 Å². The third-order valence-corrected chi connectivity index (χ3v) is 8.33. The van der Waals surface area contributed by atoms with E-state index in [-0.39, 0.29) is 0 Å². The van der Waals surface area contributed by atoms with Gasteiger partial charge in [0.15, 0.2) is 0 Å². The van der Waals surface area contributed by atoms with E-state index < -0.39 is 10.8 Å². The first-order chi connectivity index (χ1) is 14.8. The van der Waals surface area contributed by atoms with Gasteiger partial charge in [-0.05, 0) is 50.2 Å². The number of nitrogens with zero attached hydrogens (tertiary/aromatic N) is 1. The van der Waals surface area contributed by atoms with Crippen molar-refractivity contribution in [1.82, 2.24) is 5.32 Å². The van der Waals surface area contributed by atoms with E-state index in [0.717, 1.165) is 21.5 Å². The van der Waals surface area contributed by atoms with Crippen molar-refractivity contribution in [3.63, 3.8) is 0 Å². The highest BCUT2D eigenvalue weighted by Gasteiger charge is 2.46. The molecule has 2 aromatic carbocycles. The van der Waals surface area contributed by atoms with Crippen LogP contribution in [0.15, 0.2) is 64.4 Å². The minimum Gasteiger partial charge on any atom is -0.364 e. The number of quaternary nitrogens is 1. The van der Waals surface area contributed by atoms with Crippen molar-refractivity contribution < 1.29 is 9.11 Å². The van der Waals surface area contributed by atoms with Crippen molar-refractivity contribution in [2.75, 3.05) is 38.1 Å². The predicted octanol–water partition coefficient (Wildman–Crippen LogP) is 2.87. The Balaban J connectivity index is 0.000000265. The van der Waals surface area contributed by atoms with Crippen LogP contribution >= 0.6 is 0 Å². The minimum atomic E-state index is -1.13. The monoisotopic (exact) mass is 426 g/mol. The van der Waals surface area contributed by atoms with E-state index >= 15 is 0 Å². The molecule has 4 atom stereocenters. The second kappa shape index (κ2) is 10.6. The number of fused-ring (bicyclic) bond motifs is 1. The summed E-state index contributed by atoms with van der Waals surface area (Å²) in [6.07, 6.45) is 8.22. The molecule has 3 saturated heterocycles. The van der Waals surface area contributed by atoms with Crippen molar-refractivity contribution in [3.05, 3.63) is 54.6 Å². The van der Waals surface area contributed by atoms with Crippen LogP contribution in [0, 0.1) is 0 Å². The lowest BCUT2D eigenvalue weighted by Crippen LogP contribution is -3.20. The van der Waals surface area contributed by atoms with Gasteiger partial charge in [0.05, 0.1) is 46.9 Å². The van der Waals surface area contributed by atoms with Gasteiger partial charge in [-0.1, -0.05) is 43.2 Å². The fourth-order valence-corrected chi connectivity index (χ4v) is 6.28. The molecule has 0 saturated carbocycles. The van der Waals surface area contributed by atoms with Crippen molar-refractivity contribution in [1.29, 1.82) is 0 Å². The molecule has 4 unspecified atom stereocenters. The lowest BCUT2D eigenvalue weighted by Gasteiger charge is -2.38. The molecule has 3 aliphatic rings. The molecule has 3 fully saturated rings. The zero-order chi connectivity index (χ0) is 20.8. The van der Waals surface area contributed by atoms with Crippen LogP contribution < -0.4 is 15.1 Å². The lowest BCUT2D eigenvalue weighted by atomic mass is 9.98. The zero-order valence-corrected chi connectivity index (χ0v) is 19.0. The van der Waals surface area contributed by atoms with E-state index in [0.29, 0.717) is 6.04 Å². The van der Waals surface area contributed by atoms with Crippen LogP contribution in [0.3, 0.4) is 0 Å². The molecule has 0 amide bonds. The Labute approximate surface area is 184 Å². The standard InChI is InChI=1S/C19H22N2OS.C6H13N/c1-20(16-11-13-21-14-12-17(16)21)18-9-5-6-10-19(18)23(22)15-7-3-2-4-8-15;1-2-4-6-7-5-3-1/h2-10,16-17H,11-14H2,1H3;7H,1-6H2/p+1. The summed E-state index contributed by atoms with van der Waals surface area (Å²) >= 11 is 0. The molecule has 5 heteroatoms. The molecule has 3 aliphatic heterocycles. The largest absolute Gasteiger partial charge is 0.364 e. The number of likely N-dealkylation sites (N-methyl/N-ethyl adjacent to an activating group) is 1. The molecule has 0 bridgehead atoms. The summed E-state index contributed by atoms with van der Waals surface area (Å²) in [7, 11) is 1.04. The second-order valence-electron chi connectivity index (χ2n) is 8.73. The Hall–Kier alpha value is -1.69. The topological polar surface area (TPSA) is 36.8 Å². The summed E-state index contributed by atoms with van der Waals surface area (Å²) in [4.78, 5) is 5.93. The SMILES string of the molecule is C1CCCNCC1.CN(c1ccccc1S(=O)c1ccccc1)C1CC[NH+]2CCC12. The number of para-hydroxylation sites is 1. The van der Waals surface area contributed by atoms with E-state index in [1.807, 2.05) is 42.5 Å². The maximum absolute atomic E-state index is 13.0. The molecule has 2 N–H and O–H groups in total. The first kappa shape index (κ1) is 21.5. The van der Waals surface area contributed by atoms with Gasteiger partial charge in [-0.15, -0.1) is 0 Å². The highest BCUT2D eigenvalue weighted by Crippen LogP contribution is 2.30. The predicted molar refractivity (Wildman–Crippen MR) is 125 cm³/mol. The number of hydrogen-bond donors (Lipinski definition) is 2. The maximum Gasteiger partial charge on any atom is 0.114 e. The van der Waals surface area contributed by atoms with E-state index in [1.165, 1.54) is 64.7 Å². The fourth-order valence-electron chi connectivity index (χ4n) is 5.02. The molecule has 0 aliphatic carbocycles. The van der Waals surface area contributed by atoms with Gasteiger partial charge in [-0.3, -0.25) is 0 Å². The van der Waals surface area contributed by atoms with Gasteiger partial charge < -0.3 is 15.1 Å². The van der Waals surface area contributed by atoms with E-state index in [2.05, 4.69) is 29.4 Å². The average molecular weight is 427 g/mol. The summed E-state index contributed by atoms with van der Waals surface area (Å²) < 4.78 is 13.0. The van der Waals surface area contributed by atoms with E-state index in [4.69, 9.17) is 0 Å². The van der Waals surface area contributed by atoms with Crippen molar-refractivity contribution >= 4 is 16.5 Å². The Kier molecular flexibility index (Phi) is 7.58. The van der Waals surface area contributed by atoms with Crippen LogP contribution in [0.4, 0.5) is 5.69 Å². The quantitative estimate of drug-likeness (QED) is 0.789. The summed E-state index contributed by atoms with van der Waals surface area (Å²) in [6, 6.07) is 19.3. The molecule has 30 heavy (non-hydrogen) atoms. The third-order valence-electron chi connectivity index (χ3n) is 6.88. The Morgan fingerprint density at radius 2 is 1.57 bits per heavy atom. The summed E-state index contributed by atoms with van der Waals surface area (Å²) in [5.74, 6) is 0. The minimum absolute atomic E-state index is 0.577. The molecular formula is C25H36N3OS+. The number of benzene rings is 2. The first-order valence-corrected chi connectivity index (χ1v) is 12.7. The van der Waals surface area contributed by atoms with Gasteiger partial charge >= 0.3 is 0 Å². The van der Waals surface area contributed by atoms with Gasteiger partial charge in [-0.25, -0.2) is 4.21 Å². The molecule has 162 valence electrons. The molecule has 0 spiro atoms. The molecule has 0 radical (unpaired) electrons. The average Bonchev–Trinajstić information content (AvgIpc) is 2.98. The molecule has 4 nitrogen and oxygen atoms in total. The van der Waals surface area contributed by atoms with Gasteiger partial charge in [0.1, 0.15) is 6.04 Å². The second-order valence-corrected chi connectivity index (χ2v) is 10.2. The van der Waals surface area contributed by atoms with Crippen LogP contribution in [0.5, 0.6) is 0 Å². The smallest absolute Gasteiger partial charge is 0.114 e. The molecule has 2 aromatic rings. The Morgan fingerprint density at radius 3 is 2.23 bits per heavy atom. The third kappa shape index (κ3) is 4.96. The van der Waals surface area contributed by atoms with Crippen LogP contribution in [0.2, 0.25) is 0 Å². The molecular weight excluding hydrogens is 390 g/mol. The van der Waals surface area contributed by atoms with Gasteiger partial charge in [0.25, 0.3) is 0 Å². The maximum atomic E-state index is 13.0. The van der Waals surface area contributed by atoms with Gasteiger partial charge in [0.2, 0.25) is 0 Å². The Bertz CT molecular complexity index is 809. The van der Waals surface area contributed by atoms with Gasteiger partial charge in [-0.2, -0.15) is 0 Å². The number of rotatable bonds is 4. The van der Waals surface area contributed by atoms with Crippen molar-refractivity contribution in [2.24, 2.45) is 0 Å². The number of hydrogen-bond acceptors (Lipinski definition) is 3. The summed E-state index contributed by atoms with van der Waals surface area (Å²) in [5, 5.41) is 3.35. The molecule has 0 aromatic heterocycles. The zero-order valence-electron chi connectivity index (χ0n) is 18.2. The van der Waals surface area contributed by atoms with E-state index in [9.17, 15) is 4.21 Å². The molecule has 5 rings (SSSR count). The van der Waals surface area contributed by atoms with Crippen molar-refractivity contribution in [3.8, 4) is 0 Å².